The molecule has 0 amide bonds. The Hall–Kier alpha value is -2.34. The highest BCUT2D eigenvalue weighted by atomic mass is 32.1. The standard InChI is InChI=1S/C15H15N5S/c1-10(2)13-7-12-14(17-9-18-15(12)21-13)20-19-8-11-3-5-16-6-4-11/h3-10H,1-2H3,(H,17,18,20)/b19-8-. The molecule has 1 N–H and O–H groups in total. The summed E-state index contributed by atoms with van der Waals surface area (Å²) in [5.74, 6) is 1.21. The maximum Gasteiger partial charge on any atom is 0.158 e. The van der Waals surface area contributed by atoms with E-state index in [1.807, 2.05) is 12.1 Å². The molecule has 0 saturated carbocycles. The fraction of sp³-hybridized carbons (Fsp3) is 0.200. The van der Waals surface area contributed by atoms with Gasteiger partial charge in [0, 0.05) is 17.3 Å². The zero-order chi connectivity index (χ0) is 14.7. The van der Waals surface area contributed by atoms with Crippen LogP contribution in [0.1, 0.15) is 30.2 Å². The number of nitrogens with zero attached hydrogens (tertiary/aromatic N) is 4. The quantitative estimate of drug-likeness (QED) is 0.589. The number of aromatic nitrogens is 3. The topological polar surface area (TPSA) is 63.1 Å². The van der Waals surface area contributed by atoms with Crippen molar-refractivity contribution in [3.63, 3.8) is 0 Å². The van der Waals surface area contributed by atoms with Crippen molar-refractivity contribution < 1.29 is 0 Å². The largest absolute Gasteiger partial charge is 0.265 e. The Balaban J connectivity index is 1.85. The van der Waals surface area contributed by atoms with Crippen LogP contribution in [0.3, 0.4) is 0 Å². The number of rotatable bonds is 4. The molecule has 0 atom stereocenters. The van der Waals surface area contributed by atoms with E-state index in [0.29, 0.717) is 5.92 Å². The van der Waals surface area contributed by atoms with Crippen molar-refractivity contribution in [2.45, 2.75) is 19.8 Å². The summed E-state index contributed by atoms with van der Waals surface area (Å²) in [6.45, 7) is 4.35. The highest BCUT2D eigenvalue weighted by Gasteiger charge is 2.10. The van der Waals surface area contributed by atoms with Gasteiger partial charge in [0.15, 0.2) is 5.82 Å². The Morgan fingerprint density at radius 3 is 2.81 bits per heavy atom. The second-order valence-electron chi connectivity index (χ2n) is 4.90. The molecule has 3 rings (SSSR count). The van der Waals surface area contributed by atoms with Crippen LogP contribution in [0.2, 0.25) is 0 Å². The van der Waals surface area contributed by atoms with Gasteiger partial charge in [-0.05, 0) is 29.7 Å². The summed E-state index contributed by atoms with van der Waals surface area (Å²) in [7, 11) is 0. The first-order chi connectivity index (χ1) is 10.2. The Morgan fingerprint density at radius 1 is 1.24 bits per heavy atom. The molecule has 0 aliphatic heterocycles. The number of nitrogens with one attached hydrogen (secondary N) is 1. The van der Waals surface area contributed by atoms with Crippen LogP contribution in [-0.2, 0) is 0 Å². The first-order valence-electron chi connectivity index (χ1n) is 6.67. The second kappa shape index (κ2) is 5.97. The minimum absolute atomic E-state index is 0.484. The molecular weight excluding hydrogens is 282 g/mol. The minimum Gasteiger partial charge on any atom is -0.265 e. The summed E-state index contributed by atoms with van der Waals surface area (Å²) in [6.07, 6.45) is 6.77. The van der Waals surface area contributed by atoms with Crippen LogP contribution in [-0.4, -0.2) is 21.2 Å². The van der Waals surface area contributed by atoms with Crippen molar-refractivity contribution in [3.05, 3.63) is 47.4 Å². The lowest BCUT2D eigenvalue weighted by atomic mass is 10.2. The number of hydrogen-bond acceptors (Lipinski definition) is 6. The van der Waals surface area contributed by atoms with Crippen LogP contribution in [0.25, 0.3) is 10.2 Å². The van der Waals surface area contributed by atoms with E-state index in [1.165, 1.54) is 4.88 Å². The maximum atomic E-state index is 4.32. The average Bonchev–Trinajstić information content (AvgIpc) is 2.94. The molecule has 6 heteroatoms. The zero-order valence-electron chi connectivity index (χ0n) is 11.8. The van der Waals surface area contributed by atoms with Gasteiger partial charge >= 0.3 is 0 Å². The van der Waals surface area contributed by atoms with E-state index in [9.17, 15) is 0 Å². The van der Waals surface area contributed by atoms with Gasteiger partial charge in [-0.3, -0.25) is 10.4 Å². The molecule has 0 bridgehead atoms. The number of pyridine rings is 1. The van der Waals surface area contributed by atoms with Crippen LogP contribution in [0.4, 0.5) is 5.82 Å². The van der Waals surface area contributed by atoms with Crippen LogP contribution < -0.4 is 5.43 Å². The van der Waals surface area contributed by atoms with Crippen LogP contribution >= 0.6 is 11.3 Å². The fourth-order valence-corrected chi connectivity index (χ4v) is 2.87. The molecule has 0 saturated heterocycles. The van der Waals surface area contributed by atoms with Crippen molar-refractivity contribution >= 4 is 33.6 Å². The third-order valence-electron chi connectivity index (χ3n) is 3.01. The molecule has 0 aliphatic rings. The summed E-state index contributed by atoms with van der Waals surface area (Å²) in [6, 6.07) is 5.92. The molecule has 0 aliphatic carbocycles. The third-order valence-corrected chi connectivity index (χ3v) is 4.35. The number of anilines is 1. The van der Waals surface area contributed by atoms with Gasteiger partial charge < -0.3 is 0 Å². The Kier molecular flexibility index (Phi) is 3.87. The Bertz CT molecular complexity index is 764. The summed E-state index contributed by atoms with van der Waals surface area (Å²) >= 11 is 1.70. The smallest absolute Gasteiger partial charge is 0.158 e. The van der Waals surface area contributed by atoms with Crippen LogP contribution in [0.5, 0.6) is 0 Å². The van der Waals surface area contributed by atoms with Gasteiger partial charge in [-0.25, -0.2) is 9.97 Å². The lowest BCUT2D eigenvalue weighted by molar-refractivity contribution is 0.890. The Morgan fingerprint density at radius 2 is 2.05 bits per heavy atom. The van der Waals surface area contributed by atoms with E-state index in [0.717, 1.165) is 21.6 Å². The summed E-state index contributed by atoms with van der Waals surface area (Å²) in [5, 5.41) is 5.24. The second-order valence-corrected chi connectivity index (χ2v) is 5.96. The van der Waals surface area contributed by atoms with E-state index in [-0.39, 0.29) is 0 Å². The van der Waals surface area contributed by atoms with Gasteiger partial charge in [-0.2, -0.15) is 5.10 Å². The monoisotopic (exact) mass is 297 g/mol. The van der Waals surface area contributed by atoms with Crippen LogP contribution in [0, 0.1) is 0 Å². The lowest BCUT2D eigenvalue weighted by Gasteiger charge is -2.00. The predicted molar refractivity (Wildman–Crippen MR) is 87.0 cm³/mol. The van der Waals surface area contributed by atoms with Gasteiger partial charge in [0.05, 0.1) is 11.6 Å². The molecular formula is C15H15N5S. The fourth-order valence-electron chi connectivity index (χ4n) is 1.87. The summed E-state index contributed by atoms with van der Waals surface area (Å²) in [4.78, 5) is 14.8. The van der Waals surface area contributed by atoms with E-state index in [4.69, 9.17) is 0 Å². The van der Waals surface area contributed by atoms with Crippen molar-refractivity contribution in [2.24, 2.45) is 5.10 Å². The molecule has 5 nitrogen and oxygen atoms in total. The molecule has 21 heavy (non-hydrogen) atoms. The molecule has 0 unspecified atom stereocenters. The number of hydrazone groups is 1. The maximum absolute atomic E-state index is 4.32. The Labute approximate surface area is 126 Å². The molecule has 3 aromatic rings. The van der Waals surface area contributed by atoms with E-state index in [2.05, 4.69) is 45.4 Å². The zero-order valence-corrected chi connectivity index (χ0v) is 12.6. The molecule has 0 fully saturated rings. The van der Waals surface area contributed by atoms with E-state index >= 15 is 0 Å². The van der Waals surface area contributed by atoms with Crippen molar-refractivity contribution in [2.75, 3.05) is 5.43 Å². The molecule has 3 aromatic heterocycles. The molecule has 0 spiro atoms. The van der Waals surface area contributed by atoms with Gasteiger partial charge in [-0.1, -0.05) is 13.8 Å². The average molecular weight is 297 g/mol. The minimum atomic E-state index is 0.484. The SMILES string of the molecule is CC(C)c1cc2c(N/N=C\c3ccncc3)ncnc2s1. The molecule has 3 heterocycles. The first-order valence-corrected chi connectivity index (χ1v) is 7.49. The summed E-state index contributed by atoms with van der Waals surface area (Å²) in [5.41, 5.74) is 3.98. The number of thiophene rings is 1. The van der Waals surface area contributed by atoms with Gasteiger partial charge in [0.2, 0.25) is 0 Å². The highest BCUT2D eigenvalue weighted by molar-refractivity contribution is 7.18. The third kappa shape index (κ3) is 3.05. The first kappa shape index (κ1) is 13.6. The van der Waals surface area contributed by atoms with E-state index < -0.39 is 0 Å². The van der Waals surface area contributed by atoms with Crippen molar-refractivity contribution in [1.82, 2.24) is 15.0 Å². The van der Waals surface area contributed by atoms with Crippen LogP contribution in [0.15, 0.2) is 42.0 Å². The van der Waals surface area contributed by atoms with Crippen molar-refractivity contribution in [1.29, 1.82) is 0 Å². The van der Waals surface area contributed by atoms with Gasteiger partial charge in [0.25, 0.3) is 0 Å². The predicted octanol–water partition coefficient (Wildman–Crippen LogP) is 3.66. The van der Waals surface area contributed by atoms with E-state index in [1.54, 1.807) is 36.3 Å². The lowest BCUT2D eigenvalue weighted by Crippen LogP contribution is -1.94. The highest BCUT2D eigenvalue weighted by Crippen LogP contribution is 2.32. The molecule has 0 aromatic carbocycles. The normalized spacial score (nSPS) is 11.6. The number of hydrogen-bond donors (Lipinski definition) is 1. The van der Waals surface area contributed by atoms with Gasteiger partial charge in [0.1, 0.15) is 11.2 Å². The summed E-state index contributed by atoms with van der Waals surface area (Å²) < 4.78 is 0. The molecule has 0 radical (unpaired) electrons. The number of fused-ring (bicyclic) bond motifs is 1. The van der Waals surface area contributed by atoms with Gasteiger partial charge in [-0.15, -0.1) is 11.3 Å². The van der Waals surface area contributed by atoms with Crippen molar-refractivity contribution in [3.8, 4) is 0 Å². The molecule has 106 valence electrons.